The Morgan fingerprint density at radius 2 is 1.81 bits per heavy atom. The number of esters is 1. The molecule has 0 saturated carbocycles. The third-order valence-corrected chi connectivity index (χ3v) is 8.32. The van der Waals surface area contributed by atoms with Crippen LogP contribution in [0.25, 0.3) is 6.08 Å². The summed E-state index contributed by atoms with van der Waals surface area (Å²) < 4.78 is 20.7. The number of thiazole rings is 1. The molecule has 4 rings (SSSR count). The molecule has 8 nitrogen and oxygen atoms in total. The number of halogens is 2. The van der Waals surface area contributed by atoms with E-state index >= 15 is 0 Å². The van der Waals surface area contributed by atoms with Crippen molar-refractivity contribution in [3.05, 3.63) is 80.1 Å². The van der Waals surface area contributed by atoms with Crippen LogP contribution in [0.5, 0.6) is 11.5 Å². The maximum absolute atomic E-state index is 13.8. The number of anilines is 1. The van der Waals surface area contributed by atoms with Gasteiger partial charge in [-0.3, -0.25) is 9.36 Å². The van der Waals surface area contributed by atoms with Crippen molar-refractivity contribution in [3.63, 3.8) is 0 Å². The maximum Gasteiger partial charge on any atom is 0.337 e. The summed E-state index contributed by atoms with van der Waals surface area (Å²) in [6.45, 7) is 4.70. The average Bonchev–Trinajstić information content (AvgIpc) is 3.19. The van der Waals surface area contributed by atoms with Gasteiger partial charge in [0.25, 0.3) is 5.56 Å². The largest absolute Gasteiger partial charge is 0.490 e. The lowest BCUT2D eigenvalue weighted by Gasteiger charge is -2.23. The van der Waals surface area contributed by atoms with E-state index in [0.717, 1.165) is 18.4 Å². The highest BCUT2D eigenvalue weighted by Gasteiger charge is 2.31. The van der Waals surface area contributed by atoms with Crippen LogP contribution in [-0.4, -0.2) is 37.9 Å². The highest BCUT2D eigenvalue weighted by Crippen LogP contribution is 2.35. The molecule has 1 aliphatic rings. The van der Waals surface area contributed by atoms with Crippen LogP contribution in [0.15, 0.2) is 51.9 Å². The third-order valence-electron chi connectivity index (χ3n) is 5.62. The van der Waals surface area contributed by atoms with Gasteiger partial charge in [-0.25, -0.2) is 9.79 Å². The van der Waals surface area contributed by atoms with Crippen LogP contribution in [0, 0.1) is 7.14 Å². The summed E-state index contributed by atoms with van der Waals surface area (Å²) in [6.07, 6.45) is 3.34. The van der Waals surface area contributed by atoms with Crippen molar-refractivity contribution >= 4 is 74.3 Å². The molecule has 0 radical (unpaired) electrons. The molecule has 0 amide bonds. The molecular formula is C26H25I2N3O5S. The maximum atomic E-state index is 13.8. The van der Waals surface area contributed by atoms with E-state index in [0.29, 0.717) is 39.6 Å². The van der Waals surface area contributed by atoms with Crippen molar-refractivity contribution in [1.82, 2.24) is 4.57 Å². The van der Waals surface area contributed by atoms with Crippen molar-refractivity contribution in [2.24, 2.45) is 4.99 Å². The van der Waals surface area contributed by atoms with Gasteiger partial charge in [-0.2, -0.15) is 0 Å². The number of carbonyl (C=O) groups excluding carboxylic acids is 1. The number of nitrogens with zero attached hydrogens (tertiary/aromatic N) is 2. The number of hydrogen-bond acceptors (Lipinski definition) is 8. The molecule has 0 aliphatic carbocycles. The highest BCUT2D eigenvalue weighted by molar-refractivity contribution is 14.1. The van der Waals surface area contributed by atoms with E-state index in [-0.39, 0.29) is 11.1 Å². The van der Waals surface area contributed by atoms with E-state index < -0.39 is 12.0 Å². The number of nitrogens with one attached hydrogen (secondary N) is 1. The average molecular weight is 745 g/mol. The van der Waals surface area contributed by atoms with E-state index in [1.165, 1.54) is 24.6 Å². The van der Waals surface area contributed by atoms with Gasteiger partial charge < -0.3 is 19.5 Å². The number of methoxy groups -OCH3 is 1. The molecule has 2 aromatic carbocycles. The van der Waals surface area contributed by atoms with Crippen LogP contribution < -0.4 is 29.7 Å². The van der Waals surface area contributed by atoms with E-state index in [4.69, 9.17) is 14.2 Å². The van der Waals surface area contributed by atoms with Crippen molar-refractivity contribution in [3.8, 4) is 11.5 Å². The fourth-order valence-corrected chi connectivity index (χ4v) is 7.38. The first kappa shape index (κ1) is 27.6. The van der Waals surface area contributed by atoms with Crippen LogP contribution in [0.2, 0.25) is 0 Å². The zero-order chi connectivity index (χ0) is 26.7. The molecule has 0 saturated heterocycles. The summed E-state index contributed by atoms with van der Waals surface area (Å²) in [5.41, 5.74) is 2.66. The minimum Gasteiger partial charge on any atom is -0.490 e. The van der Waals surface area contributed by atoms with Gasteiger partial charge in [-0.1, -0.05) is 17.4 Å². The van der Waals surface area contributed by atoms with Crippen molar-refractivity contribution in [1.29, 1.82) is 0 Å². The Hall–Kier alpha value is -2.39. The number of benzene rings is 2. The molecule has 194 valence electrons. The Morgan fingerprint density at radius 3 is 2.43 bits per heavy atom. The summed E-state index contributed by atoms with van der Waals surface area (Å²) >= 11 is 5.83. The Bertz CT molecular complexity index is 1540. The summed E-state index contributed by atoms with van der Waals surface area (Å²) in [7, 11) is 3.20. The molecule has 1 N–H and O–H groups in total. The second-order valence-electron chi connectivity index (χ2n) is 7.86. The van der Waals surface area contributed by atoms with E-state index in [1.54, 1.807) is 16.7 Å². The molecular weight excluding hydrogens is 720 g/mol. The fourth-order valence-electron chi connectivity index (χ4n) is 4.05. The topological polar surface area (TPSA) is 91.2 Å². The molecule has 2 heterocycles. The molecule has 1 aromatic heterocycles. The second kappa shape index (κ2) is 12.0. The zero-order valence-corrected chi connectivity index (χ0v) is 25.8. The van der Waals surface area contributed by atoms with Crippen LogP contribution in [0.4, 0.5) is 5.69 Å². The van der Waals surface area contributed by atoms with E-state index in [2.05, 4.69) is 55.5 Å². The first-order valence-electron chi connectivity index (χ1n) is 11.5. The number of hydrogen-bond donors (Lipinski definition) is 1. The van der Waals surface area contributed by atoms with Crippen LogP contribution >= 0.6 is 56.5 Å². The quantitative estimate of drug-likeness (QED) is 0.277. The van der Waals surface area contributed by atoms with Crippen LogP contribution in [0.3, 0.4) is 0 Å². The number of ether oxygens (including phenoxy) is 3. The fraction of sp³-hybridized carbons (Fsp3) is 0.269. The standard InChI is InChI=1S/C26H25I2N3O5S/c1-5-35-19-8-7-15(12-20(19)36-6-2)23-16(25(33)34-4)13-30-26-31(23)24(32)21(37-26)11-14-9-17(27)22(29-3)18(28)10-14/h7-13,23,29H,5-6H2,1-4H3/b21-11-/t23-/m1/s1. The Morgan fingerprint density at radius 1 is 1.14 bits per heavy atom. The van der Waals surface area contributed by atoms with Gasteiger partial charge in [0.15, 0.2) is 16.3 Å². The summed E-state index contributed by atoms with van der Waals surface area (Å²) in [4.78, 5) is 31.5. The Labute approximate surface area is 245 Å². The van der Waals surface area contributed by atoms with Gasteiger partial charge in [0, 0.05) is 20.4 Å². The molecule has 0 bridgehead atoms. The van der Waals surface area contributed by atoms with Gasteiger partial charge in [-0.05, 0) is 100 Å². The van der Waals surface area contributed by atoms with Crippen molar-refractivity contribution in [2.75, 3.05) is 32.7 Å². The molecule has 0 fully saturated rings. The van der Waals surface area contributed by atoms with E-state index in [9.17, 15) is 9.59 Å². The van der Waals surface area contributed by atoms with Crippen molar-refractivity contribution in [2.45, 2.75) is 19.9 Å². The van der Waals surface area contributed by atoms with Gasteiger partial charge in [0.05, 0.1) is 42.2 Å². The molecule has 0 unspecified atom stereocenters. The lowest BCUT2D eigenvalue weighted by Crippen LogP contribution is -2.39. The lowest BCUT2D eigenvalue weighted by atomic mass is 9.97. The Kier molecular flexibility index (Phi) is 8.95. The second-order valence-corrected chi connectivity index (χ2v) is 11.2. The first-order chi connectivity index (χ1) is 17.8. The van der Waals surface area contributed by atoms with E-state index in [1.807, 2.05) is 45.2 Å². The molecule has 37 heavy (non-hydrogen) atoms. The van der Waals surface area contributed by atoms with Crippen molar-refractivity contribution < 1.29 is 19.0 Å². The predicted octanol–water partition coefficient (Wildman–Crippen LogP) is 4.07. The molecule has 3 aromatic rings. The first-order valence-corrected chi connectivity index (χ1v) is 14.5. The van der Waals surface area contributed by atoms with Crippen LogP contribution in [0.1, 0.15) is 31.0 Å². The molecule has 0 spiro atoms. The molecule has 11 heteroatoms. The minimum atomic E-state index is -0.729. The normalized spacial score (nSPS) is 14.9. The minimum absolute atomic E-state index is 0.238. The third kappa shape index (κ3) is 5.58. The predicted molar refractivity (Wildman–Crippen MR) is 161 cm³/mol. The van der Waals surface area contributed by atoms with Gasteiger partial charge >= 0.3 is 5.97 Å². The lowest BCUT2D eigenvalue weighted by molar-refractivity contribution is -0.136. The Balaban J connectivity index is 1.90. The number of aromatic nitrogens is 1. The summed E-state index contributed by atoms with van der Waals surface area (Å²) in [5, 5.41) is 3.20. The number of rotatable bonds is 8. The van der Waals surface area contributed by atoms with Crippen LogP contribution in [-0.2, 0) is 9.53 Å². The SMILES string of the molecule is CCOc1ccc([C@@H]2C(C(=O)OC)=CN=c3s/c(=C\c4cc(I)c(NC)c(I)c4)c(=O)n32)cc1OCC. The molecule has 1 aliphatic heterocycles. The molecule has 1 atom stereocenters. The monoisotopic (exact) mass is 745 g/mol. The highest BCUT2D eigenvalue weighted by atomic mass is 127. The van der Waals surface area contributed by atoms with Gasteiger partial charge in [-0.15, -0.1) is 0 Å². The zero-order valence-electron chi connectivity index (χ0n) is 20.6. The van der Waals surface area contributed by atoms with Gasteiger partial charge in [0.2, 0.25) is 0 Å². The summed E-state index contributed by atoms with van der Waals surface area (Å²) in [5.74, 6) is 0.582. The summed E-state index contributed by atoms with van der Waals surface area (Å²) in [6, 6.07) is 8.74. The smallest absolute Gasteiger partial charge is 0.337 e. The number of carbonyl (C=O) groups is 1. The number of fused-ring (bicyclic) bond motifs is 1. The van der Waals surface area contributed by atoms with Gasteiger partial charge in [0.1, 0.15) is 0 Å².